The second-order valence-corrected chi connectivity index (χ2v) is 4.88. The van der Waals surface area contributed by atoms with Crippen LogP contribution in [0.5, 0.6) is 0 Å². The molecule has 22 heavy (non-hydrogen) atoms. The Morgan fingerprint density at radius 1 is 1.09 bits per heavy atom. The van der Waals surface area contributed by atoms with Gasteiger partial charge in [-0.05, 0) is 38.1 Å². The molecular formula is C17H16FNO3. The van der Waals surface area contributed by atoms with Crippen LogP contribution in [0.1, 0.15) is 22.8 Å². The van der Waals surface area contributed by atoms with Crippen LogP contribution < -0.4 is 5.32 Å². The number of hydrogen-bond acceptors (Lipinski definition) is 3. The van der Waals surface area contributed by atoms with Gasteiger partial charge in [0.25, 0.3) is 5.91 Å². The number of rotatable bonds is 4. The Labute approximate surface area is 127 Å². The lowest BCUT2D eigenvalue weighted by Crippen LogP contribution is -2.30. The van der Waals surface area contributed by atoms with Crippen LogP contribution in [0.25, 0.3) is 0 Å². The zero-order valence-corrected chi connectivity index (χ0v) is 12.3. The van der Waals surface area contributed by atoms with Crippen molar-refractivity contribution in [1.29, 1.82) is 0 Å². The molecule has 2 aromatic carbocycles. The Morgan fingerprint density at radius 3 is 2.36 bits per heavy atom. The Bertz CT molecular complexity index is 683. The summed E-state index contributed by atoms with van der Waals surface area (Å²) < 4.78 is 18.5. The molecule has 5 heteroatoms. The molecule has 0 aromatic heterocycles. The van der Waals surface area contributed by atoms with E-state index >= 15 is 0 Å². The van der Waals surface area contributed by atoms with E-state index < -0.39 is 23.8 Å². The first-order chi connectivity index (χ1) is 10.5. The van der Waals surface area contributed by atoms with Crippen molar-refractivity contribution in [3.8, 4) is 0 Å². The summed E-state index contributed by atoms with van der Waals surface area (Å²) in [6.07, 6.45) is -1.03. The van der Waals surface area contributed by atoms with Gasteiger partial charge in [-0.3, -0.25) is 4.79 Å². The summed E-state index contributed by atoms with van der Waals surface area (Å²) in [5.41, 5.74) is 1.42. The lowest BCUT2D eigenvalue weighted by atomic mass is 10.1. The average Bonchev–Trinajstić information content (AvgIpc) is 2.50. The number of anilines is 1. The normalized spacial score (nSPS) is 11.6. The Kier molecular flexibility index (Phi) is 4.88. The van der Waals surface area contributed by atoms with Gasteiger partial charge in [0, 0.05) is 0 Å². The zero-order chi connectivity index (χ0) is 16.1. The maximum absolute atomic E-state index is 13.5. The zero-order valence-electron chi connectivity index (χ0n) is 12.3. The lowest BCUT2D eigenvalue weighted by molar-refractivity contribution is -0.123. The van der Waals surface area contributed by atoms with Crippen LogP contribution in [0.15, 0.2) is 48.5 Å². The number of nitrogens with one attached hydrogen (secondary N) is 1. The number of aryl methyl sites for hydroxylation is 1. The summed E-state index contributed by atoms with van der Waals surface area (Å²) in [6.45, 7) is 3.34. The third-order valence-electron chi connectivity index (χ3n) is 3.07. The van der Waals surface area contributed by atoms with E-state index in [4.69, 9.17) is 4.74 Å². The molecule has 1 N–H and O–H groups in total. The van der Waals surface area contributed by atoms with Gasteiger partial charge >= 0.3 is 5.97 Å². The van der Waals surface area contributed by atoms with Crippen LogP contribution >= 0.6 is 0 Å². The molecular weight excluding hydrogens is 285 g/mol. The van der Waals surface area contributed by atoms with E-state index in [0.29, 0.717) is 5.56 Å². The molecule has 1 atom stereocenters. The van der Waals surface area contributed by atoms with Gasteiger partial charge in [-0.2, -0.15) is 0 Å². The summed E-state index contributed by atoms with van der Waals surface area (Å²) in [5, 5.41) is 2.38. The van der Waals surface area contributed by atoms with Crippen molar-refractivity contribution in [2.24, 2.45) is 0 Å². The van der Waals surface area contributed by atoms with E-state index in [1.807, 2.05) is 6.92 Å². The van der Waals surface area contributed by atoms with E-state index in [-0.39, 0.29) is 5.69 Å². The Hall–Kier alpha value is -2.69. The molecule has 0 fully saturated rings. The first-order valence-corrected chi connectivity index (χ1v) is 6.80. The van der Waals surface area contributed by atoms with Crippen molar-refractivity contribution in [2.45, 2.75) is 20.0 Å². The number of carbonyl (C=O) groups is 2. The number of hydrogen-bond donors (Lipinski definition) is 1. The van der Waals surface area contributed by atoms with Gasteiger partial charge in [-0.15, -0.1) is 0 Å². The van der Waals surface area contributed by atoms with Crippen molar-refractivity contribution in [3.63, 3.8) is 0 Å². The highest BCUT2D eigenvalue weighted by atomic mass is 19.1. The minimum Gasteiger partial charge on any atom is -0.449 e. The molecule has 0 aliphatic carbocycles. The number of para-hydroxylation sites is 1. The summed E-state index contributed by atoms with van der Waals surface area (Å²) in [5.74, 6) is -1.74. The number of benzene rings is 2. The lowest BCUT2D eigenvalue weighted by Gasteiger charge is -2.14. The molecule has 4 nitrogen and oxygen atoms in total. The van der Waals surface area contributed by atoms with Crippen molar-refractivity contribution in [3.05, 3.63) is 65.5 Å². The van der Waals surface area contributed by atoms with Crippen LogP contribution in [-0.2, 0) is 9.53 Å². The highest BCUT2D eigenvalue weighted by Crippen LogP contribution is 2.13. The molecule has 0 spiro atoms. The maximum atomic E-state index is 13.5. The van der Waals surface area contributed by atoms with Gasteiger partial charge in [0.15, 0.2) is 6.10 Å². The molecule has 1 unspecified atom stereocenters. The highest BCUT2D eigenvalue weighted by molar-refractivity contribution is 5.97. The molecule has 0 heterocycles. The highest BCUT2D eigenvalue weighted by Gasteiger charge is 2.19. The maximum Gasteiger partial charge on any atom is 0.338 e. The van der Waals surface area contributed by atoms with Crippen molar-refractivity contribution >= 4 is 17.6 Å². The molecule has 2 rings (SSSR count). The molecule has 0 radical (unpaired) electrons. The van der Waals surface area contributed by atoms with Gasteiger partial charge in [-0.1, -0.05) is 29.8 Å². The fourth-order valence-corrected chi connectivity index (χ4v) is 1.77. The topological polar surface area (TPSA) is 55.4 Å². The first kappa shape index (κ1) is 15.7. The summed E-state index contributed by atoms with van der Waals surface area (Å²) >= 11 is 0. The number of amides is 1. The number of halogens is 1. The molecule has 1 amide bonds. The van der Waals surface area contributed by atoms with E-state index in [9.17, 15) is 14.0 Å². The molecule has 0 saturated carbocycles. The second-order valence-electron chi connectivity index (χ2n) is 4.88. The standard InChI is InChI=1S/C17H16FNO3/c1-11-7-9-13(10-8-11)17(21)22-12(2)16(20)19-15-6-4-3-5-14(15)18/h3-10,12H,1-2H3,(H,19,20). The van der Waals surface area contributed by atoms with Crippen molar-refractivity contribution < 1.29 is 18.7 Å². The second kappa shape index (κ2) is 6.85. The Balaban J connectivity index is 1.98. The quantitative estimate of drug-likeness (QED) is 0.881. The average molecular weight is 301 g/mol. The summed E-state index contributed by atoms with van der Waals surface area (Å²) in [4.78, 5) is 23.8. The predicted molar refractivity (Wildman–Crippen MR) is 81.1 cm³/mol. The molecule has 0 aliphatic heterocycles. The smallest absolute Gasteiger partial charge is 0.338 e. The monoisotopic (exact) mass is 301 g/mol. The number of esters is 1. The Morgan fingerprint density at radius 2 is 1.73 bits per heavy atom. The molecule has 2 aromatic rings. The fraction of sp³-hybridized carbons (Fsp3) is 0.176. The van der Waals surface area contributed by atoms with Gasteiger partial charge in [-0.25, -0.2) is 9.18 Å². The molecule has 0 saturated heterocycles. The third-order valence-corrected chi connectivity index (χ3v) is 3.07. The summed E-state index contributed by atoms with van der Waals surface area (Å²) in [6, 6.07) is 12.6. The SMILES string of the molecule is Cc1ccc(C(=O)OC(C)C(=O)Nc2ccccc2F)cc1. The van der Waals surface area contributed by atoms with Crippen molar-refractivity contribution in [2.75, 3.05) is 5.32 Å². The van der Waals surface area contributed by atoms with E-state index in [0.717, 1.165) is 5.56 Å². The molecule has 0 aliphatic rings. The van der Waals surface area contributed by atoms with E-state index in [1.54, 1.807) is 30.3 Å². The van der Waals surface area contributed by atoms with Crippen LogP contribution in [0.3, 0.4) is 0 Å². The minimum atomic E-state index is -1.03. The van der Waals surface area contributed by atoms with Gasteiger partial charge in [0.05, 0.1) is 11.3 Å². The van der Waals surface area contributed by atoms with Crippen molar-refractivity contribution in [1.82, 2.24) is 0 Å². The minimum absolute atomic E-state index is 0.0470. The van der Waals surface area contributed by atoms with E-state index in [2.05, 4.69) is 5.32 Å². The molecule has 114 valence electrons. The van der Waals surface area contributed by atoms with Crippen LogP contribution in [0, 0.1) is 12.7 Å². The van der Waals surface area contributed by atoms with Crippen LogP contribution in [0.4, 0.5) is 10.1 Å². The van der Waals surface area contributed by atoms with E-state index in [1.165, 1.54) is 25.1 Å². The number of ether oxygens (including phenoxy) is 1. The van der Waals surface area contributed by atoms with Crippen LogP contribution in [0.2, 0.25) is 0 Å². The van der Waals surface area contributed by atoms with Gasteiger partial charge in [0.2, 0.25) is 0 Å². The van der Waals surface area contributed by atoms with Crippen LogP contribution in [-0.4, -0.2) is 18.0 Å². The first-order valence-electron chi connectivity index (χ1n) is 6.80. The largest absolute Gasteiger partial charge is 0.449 e. The summed E-state index contributed by atoms with van der Waals surface area (Å²) in [7, 11) is 0. The third kappa shape index (κ3) is 3.91. The predicted octanol–water partition coefficient (Wildman–Crippen LogP) is 3.32. The van der Waals surface area contributed by atoms with Gasteiger partial charge in [0.1, 0.15) is 5.82 Å². The van der Waals surface area contributed by atoms with Gasteiger partial charge < -0.3 is 10.1 Å². The number of carbonyl (C=O) groups excluding carboxylic acids is 2. The fourth-order valence-electron chi connectivity index (χ4n) is 1.77. The molecule has 0 bridgehead atoms.